The molecule has 0 heterocycles. The molecule has 1 aliphatic carbocycles. The summed E-state index contributed by atoms with van der Waals surface area (Å²) in [5, 5.41) is 4.36. The van der Waals surface area contributed by atoms with Crippen LogP contribution in [0.4, 0.5) is 0 Å². The normalized spacial score (nSPS) is 14.8. The van der Waals surface area contributed by atoms with Crippen LogP contribution in [0, 0.1) is 11.5 Å². The van der Waals surface area contributed by atoms with Gasteiger partial charge >= 0.3 is 25.8 Å². The quantitative estimate of drug-likeness (QED) is 0.280. The Morgan fingerprint density at radius 2 is 1.45 bits per heavy atom. The summed E-state index contributed by atoms with van der Waals surface area (Å²) in [6, 6.07) is 13.5. The minimum Gasteiger partial charge on any atom is -1.00 e. The first-order valence-electron chi connectivity index (χ1n) is 9.78. The summed E-state index contributed by atoms with van der Waals surface area (Å²) >= 11 is 0. The summed E-state index contributed by atoms with van der Waals surface area (Å²) in [7, 11) is -0.0206. The van der Waals surface area contributed by atoms with Crippen LogP contribution < -0.4 is 30.1 Å². The van der Waals surface area contributed by atoms with E-state index in [1.165, 1.54) is 27.5 Å². The first-order chi connectivity index (χ1) is 12.0. The van der Waals surface area contributed by atoms with Gasteiger partial charge in [0.15, 0.2) is 0 Å². The van der Waals surface area contributed by atoms with Gasteiger partial charge in [0.25, 0.3) is 0 Å². The molecule has 0 aliphatic heterocycles. The number of hydrogen-bond acceptors (Lipinski definition) is 0. The number of benzene rings is 1. The Balaban J connectivity index is 0. The maximum atomic E-state index is 3.44. The van der Waals surface area contributed by atoms with Crippen LogP contribution in [0.1, 0.15) is 62.3 Å². The minimum absolute atomic E-state index is 0. The molecule has 0 atom stereocenters. The van der Waals surface area contributed by atoms with Gasteiger partial charge in [-0.05, 0) is 11.3 Å². The summed E-state index contributed by atoms with van der Waals surface area (Å²) < 4.78 is 0. The van der Waals surface area contributed by atoms with E-state index in [2.05, 4.69) is 105 Å². The van der Waals surface area contributed by atoms with Crippen LogP contribution in [-0.2, 0) is 25.8 Å². The molecular weight excluding hydrogens is 581 g/mol. The topological polar surface area (TPSA) is 0 Å². The zero-order chi connectivity index (χ0) is 19.6. The fraction of sp³-hybridized carbons (Fsp3) is 0.480. The van der Waals surface area contributed by atoms with Gasteiger partial charge < -0.3 is 24.8 Å². The number of hydrogen-bond donors (Lipinski definition) is 0. The van der Waals surface area contributed by atoms with Crippen molar-refractivity contribution < 1.29 is 50.7 Å². The van der Waals surface area contributed by atoms with Gasteiger partial charge in [-0.15, -0.1) is 47.3 Å². The van der Waals surface area contributed by atoms with Gasteiger partial charge in [0.05, 0.1) is 0 Å². The summed E-state index contributed by atoms with van der Waals surface area (Å²) in [5.74, 6) is 0. The molecule has 4 heteroatoms. The Morgan fingerprint density at radius 3 is 1.79 bits per heavy atom. The zero-order valence-corrected chi connectivity index (χ0v) is 25.3. The fourth-order valence-corrected chi connectivity index (χ4v) is 6.84. The van der Waals surface area contributed by atoms with Crippen LogP contribution in [0.25, 0.3) is 10.8 Å². The van der Waals surface area contributed by atoms with Gasteiger partial charge in [0.2, 0.25) is 0 Å². The van der Waals surface area contributed by atoms with Crippen molar-refractivity contribution in [2.24, 2.45) is 5.41 Å². The number of allylic oxidation sites excluding steroid dienone is 4. The van der Waals surface area contributed by atoms with Crippen molar-refractivity contribution >= 4 is 24.0 Å². The molecule has 3 rings (SSSR count). The molecule has 0 nitrogen and oxygen atoms in total. The van der Waals surface area contributed by atoms with E-state index in [9.17, 15) is 0 Å². The third-order valence-corrected chi connectivity index (χ3v) is 8.66. The zero-order valence-electron chi connectivity index (χ0n) is 19.3. The molecular formula is C25H35Cl2HfP. The molecule has 158 valence electrons. The molecule has 0 fully saturated rings. The van der Waals surface area contributed by atoms with Crippen molar-refractivity contribution in [3.8, 4) is 0 Å². The molecule has 0 saturated heterocycles. The Kier molecular flexibility index (Phi) is 14.0. The molecule has 0 N–H and O–H groups in total. The summed E-state index contributed by atoms with van der Waals surface area (Å²) in [5.41, 5.74) is 5.94. The van der Waals surface area contributed by atoms with Gasteiger partial charge in [-0.25, -0.2) is 5.57 Å². The molecule has 0 amide bonds. The molecule has 0 saturated carbocycles. The molecule has 2 aromatic rings. The van der Waals surface area contributed by atoms with E-state index < -0.39 is 0 Å². The van der Waals surface area contributed by atoms with Crippen molar-refractivity contribution in [3.63, 3.8) is 0 Å². The van der Waals surface area contributed by atoms with Crippen LogP contribution in [-0.4, -0.2) is 11.3 Å². The van der Waals surface area contributed by atoms with Gasteiger partial charge in [0.1, 0.15) is 0 Å². The first kappa shape index (κ1) is 31.4. The van der Waals surface area contributed by atoms with Gasteiger partial charge in [-0.1, -0.05) is 74.8 Å². The number of rotatable bonds is 3. The van der Waals surface area contributed by atoms with Gasteiger partial charge in [0, 0.05) is 0 Å². The smallest absolute Gasteiger partial charge is 1.00 e. The molecule has 0 spiro atoms. The predicted octanol–water partition coefficient (Wildman–Crippen LogP) is 1.60. The number of fused-ring (bicyclic) bond motifs is 1. The van der Waals surface area contributed by atoms with Crippen molar-refractivity contribution in [2.75, 3.05) is 0 Å². The van der Waals surface area contributed by atoms with E-state index in [1.807, 2.05) is 0 Å². The fourth-order valence-electron chi connectivity index (χ4n) is 3.88. The SMILES string of the molecule is CC(C)P(c1cc2ccccc2[cH-]1)C(C)C.CC1=[C-]C(C)(C)C(C)=C1C.[Cl-].[Cl-].[Hf+4]. The van der Waals surface area contributed by atoms with Gasteiger partial charge in [-0.3, -0.25) is 6.08 Å². The van der Waals surface area contributed by atoms with Crippen molar-refractivity contribution in [3.05, 3.63) is 59.2 Å². The summed E-state index contributed by atoms with van der Waals surface area (Å²) in [6.45, 7) is 20.3. The summed E-state index contributed by atoms with van der Waals surface area (Å²) in [6.07, 6.45) is 3.44. The third-order valence-electron chi connectivity index (χ3n) is 5.58. The van der Waals surface area contributed by atoms with Crippen molar-refractivity contribution in [1.29, 1.82) is 0 Å². The Hall–Kier alpha value is 0.190. The second-order valence-corrected chi connectivity index (χ2v) is 12.0. The average Bonchev–Trinajstić information content (AvgIpc) is 3.02. The monoisotopic (exact) mass is 616 g/mol. The second-order valence-electron chi connectivity index (χ2n) is 8.56. The Morgan fingerprint density at radius 1 is 0.931 bits per heavy atom. The molecule has 1 aliphatic rings. The third kappa shape index (κ3) is 7.68. The van der Waals surface area contributed by atoms with Crippen LogP contribution in [0.15, 0.2) is 53.1 Å². The predicted molar refractivity (Wildman–Crippen MR) is 121 cm³/mol. The summed E-state index contributed by atoms with van der Waals surface area (Å²) in [4.78, 5) is 0. The molecule has 0 bridgehead atoms. The van der Waals surface area contributed by atoms with E-state index in [0.29, 0.717) is 0 Å². The first-order valence-corrected chi connectivity index (χ1v) is 11.3. The van der Waals surface area contributed by atoms with Crippen LogP contribution in [0.5, 0.6) is 0 Å². The molecule has 0 radical (unpaired) electrons. The molecule has 0 unspecified atom stereocenters. The Bertz CT molecular complexity index is 787. The van der Waals surface area contributed by atoms with E-state index in [0.717, 1.165) is 11.3 Å². The maximum absolute atomic E-state index is 3.44. The van der Waals surface area contributed by atoms with Crippen molar-refractivity contribution in [1.82, 2.24) is 0 Å². The van der Waals surface area contributed by atoms with Crippen LogP contribution in [0.2, 0.25) is 0 Å². The Labute approximate surface area is 211 Å². The number of halogens is 2. The standard InChI is InChI=1S/C15H20P.C10H15.2ClH.Hf/c1-11(2)16(12(3)4)15-9-13-7-5-6-8-14(13)10-15;1-7-6-10(4,5)9(3)8(7)2;;;/h5-12H,1-4H3;1-5H3;2*1H;/q2*-1;;;+4/p-2. The van der Waals surface area contributed by atoms with Crippen LogP contribution in [0.3, 0.4) is 0 Å². The van der Waals surface area contributed by atoms with E-state index in [4.69, 9.17) is 0 Å². The largest absolute Gasteiger partial charge is 4.00 e. The van der Waals surface area contributed by atoms with E-state index in [-0.39, 0.29) is 64.0 Å². The van der Waals surface area contributed by atoms with Crippen LogP contribution >= 0.6 is 7.92 Å². The maximum Gasteiger partial charge on any atom is 4.00 e. The molecule has 0 aromatic heterocycles. The minimum atomic E-state index is -0.0206. The van der Waals surface area contributed by atoms with E-state index in [1.54, 1.807) is 5.30 Å². The van der Waals surface area contributed by atoms with Gasteiger partial charge in [-0.2, -0.15) is 17.2 Å². The molecule has 2 aromatic carbocycles. The molecule has 29 heavy (non-hydrogen) atoms. The van der Waals surface area contributed by atoms with Crippen molar-refractivity contribution in [2.45, 2.75) is 73.6 Å². The van der Waals surface area contributed by atoms with E-state index >= 15 is 0 Å². The second kappa shape index (κ2) is 12.9. The average molecular weight is 616 g/mol.